The van der Waals surface area contributed by atoms with E-state index in [1.54, 1.807) is 13.0 Å². The van der Waals surface area contributed by atoms with E-state index in [0.717, 1.165) is 9.35 Å². The molecule has 0 radical (unpaired) electrons. The Hall–Kier alpha value is -0.250. The Bertz CT molecular complexity index is 757. The third kappa shape index (κ3) is 3.94. The molecule has 114 valence electrons. The molecule has 0 aliphatic heterocycles. The summed E-state index contributed by atoms with van der Waals surface area (Å²) in [6, 6.07) is 5.08. The van der Waals surface area contributed by atoms with Crippen LogP contribution in [0.25, 0.3) is 0 Å². The van der Waals surface area contributed by atoms with Gasteiger partial charge in [-0.2, -0.15) is 0 Å². The molecule has 0 bridgehead atoms. The van der Waals surface area contributed by atoms with Gasteiger partial charge in [-0.15, -0.1) is 11.3 Å². The van der Waals surface area contributed by atoms with E-state index in [0.29, 0.717) is 15.6 Å². The number of hydrogen-bond acceptors (Lipinski definition) is 4. The summed E-state index contributed by atoms with van der Waals surface area (Å²) in [6.07, 6.45) is 0. The molecule has 0 unspecified atom stereocenters. The highest BCUT2D eigenvalue weighted by Gasteiger charge is 2.19. The van der Waals surface area contributed by atoms with Crippen LogP contribution in [-0.2, 0) is 23.2 Å². The molecule has 1 heterocycles. The van der Waals surface area contributed by atoms with Crippen LogP contribution >= 0.6 is 43.2 Å². The third-order valence-electron chi connectivity index (χ3n) is 2.94. The van der Waals surface area contributed by atoms with Crippen molar-refractivity contribution in [1.82, 2.24) is 4.72 Å². The highest BCUT2D eigenvalue weighted by Crippen LogP contribution is 2.27. The van der Waals surface area contributed by atoms with Crippen molar-refractivity contribution in [2.45, 2.75) is 25.0 Å². The normalized spacial score (nSPS) is 11.8. The predicted octanol–water partition coefficient (Wildman–Crippen LogP) is 3.55. The Balaban J connectivity index is 2.31. The first-order valence-corrected chi connectivity index (χ1v) is 9.91. The Morgan fingerprint density at radius 1 is 1.29 bits per heavy atom. The lowest BCUT2D eigenvalue weighted by atomic mass is 10.2. The number of benzene rings is 1. The van der Waals surface area contributed by atoms with Crippen molar-refractivity contribution in [3.05, 3.63) is 48.5 Å². The van der Waals surface area contributed by atoms with Gasteiger partial charge in [-0.1, -0.05) is 15.9 Å². The molecular formula is C13H13Br2NO3S2. The average molecular weight is 455 g/mol. The van der Waals surface area contributed by atoms with E-state index in [-0.39, 0.29) is 18.0 Å². The standard InChI is InChI=1S/C13H13Br2NO3S2/c1-8-11(15)4-9(7-17)5-13(8)21(18,19)16-6-12-10(14)2-3-20-12/h2-5,16-17H,6-7H2,1H3. The molecule has 1 aromatic heterocycles. The fourth-order valence-corrected chi connectivity index (χ4v) is 5.24. The van der Waals surface area contributed by atoms with Crippen molar-refractivity contribution >= 4 is 53.2 Å². The number of hydrogen-bond donors (Lipinski definition) is 2. The molecular weight excluding hydrogens is 442 g/mol. The summed E-state index contributed by atoms with van der Waals surface area (Å²) >= 11 is 8.17. The zero-order valence-electron chi connectivity index (χ0n) is 11.1. The van der Waals surface area contributed by atoms with Gasteiger partial charge in [0.2, 0.25) is 10.0 Å². The SMILES string of the molecule is Cc1c(Br)cc(CO)cc1S(=O)(=O)NCc1sccc1Br. The summed E-state index contributed by atoms with van der Waals surface area (Å²) in [4.78, 5) is 1.09. The third-order valence-corrected chi connectivity index (χ3v) is 7.22. The van der Waals surface area contributed by atoms with E-state index >= 15 is 0 Å². The monoisotopic (exact) mass is 453 g/mol. The molecule has 0 saturated heterocycles. The summed E-state index contributed by atoms with van der Waals surface area (Å²) in [7, 11) is -3.64. The van der Waals surface area contributed by atoms with Crippen LogP contribution in [0.4, 0.5) is 0 Å². The highest BCUT2D eigenvalue weighted by atomic mass is 79.9. The summed E-state index contributed by atoms with van der Waals surface area (Å²) in [5.41, 5.74) is 1.16. The van der Waals surface area contributed by atoms with Gasteiger partial charge in [0.25, 0.3) is 0 Å². The largest absolute Gasteiger partial charge is 0.392 e. The van der Waals surface area contributed by atoms with Gasteiger partial charge in [-0.3, -0.25) is 0 Å². The fourth-order valence-electron chi connectivity index (χ4n) is 1.77. The average Bonchev–Trinajstić information content (AvgIpc) is 2.84. The van der Waals surface area contributed by atoms with Crippen molar-refractivity contribution in [3.63, 3.8) is 0 Å². The van der Waals surface area contributed by atoms with Crippen LogP contribution in [0.3, 0.4) is 0 Å². The summed E-state index contributed by atoms with van der Waals surface area (Å²) in [5.74, 6) is 0. The zero-order valence-corrected chi connectivity index (χ0v) is 15.9. The number of aliphatic hydroxyl groups is 1. The number of halogens is 2. The Morgan fingerprint density at radius 2 is 2.00 bits per heavy atom. The molecule has 0 aliphatic rings. The smallest absolute Gasteiger partial charge is 0.241 e. The maximum absolute atomic E-state index is 12.5. The molecule has 0 atom stereocenters. The van der Waals surface area contributed by atoms with Gasteiger partial charge >= 0.3 is 0 Å². The number of rotatable bonds is 5. The minimum absolute atomic E-state index is 0.175. The quantitative estimate of drug-likeness (QED) is 0.725. The molecule has 0 saturated carbocycles. The van der Waals surface area contributed by atoms with Crippen molar-refractivity contribution in [1.29, 1.82) is 0 Å². The number of nitrogens with one attached hydrogen (secondary N) is 1. The second kappa shape index (κ2) is 6.89. The molecule has 21 heavy (non-hydrogen) atoms. The number of aliphatic hydroxyl groups excluding tert-OH is 1. The van der Waals surface area contributed by atoms with Gasteiger partial charge < -0.3 is 5.11 Å². The number of thiophene rings is 1. The van der Waals surface area contributed by atoms with Crippen LogP contribution in [0.5, 0.6) is 0 Å². The first-order valence-electron chi connectivity index (χ1n) is 5.96. The zero-order chi connectivity index (χ0) is 15.6. The topological polar surface area (TPSA) is 66.4 Å². The van der Waals surface area contributed by atoms with Crippen molar-refractivity contribution < 1.29 is 13.5 Å². The number of sulfonamides is 1. The molecule has 0 fully saturated rings. The van der Waals surface area contributed by atoms with Crippen LogP contribution in [0.2, 0.25) is 0 Å². The summed E-state index contributed by atoms with van der Waals surface area (Å²) in [5, 5.41) is 11.1. The molecule has 0 aliphatic carbocycles. The van der Waals surface area contributed by atoms with Crippen LogP contribution in [0.15, 0.2) is 37.4 Å². The van der Waals surface area contributed by atoms with E-state index < -0.39 is 10.0 Å². The van der Waals surface area contributed by atoms with E-state index in [4.69, 9.17) is 0 Å². The lowest BCUT2D eigenvalue weighted by molar-refractivity contribution is 0.281. The fraction of sp³-hybridized carbons (Fsp3) is 0.231. The minimum Gasteiger partial charge on any atom is -0.392 e. The molecule has 8 heteroatoms. The molecule has 2 aromatic rings. The first-order chi connectivity index (χ1) is 9.85. The van der Waals surface area contributed by atoms with Gasteiger partial charge in [-0.05, 0) is 57.6 Å². The van der Waals surface area contributed by atoms with Crippen LogP contribution in [0, 0.1) is 6.92 Å². The van der Waals surface area contributed by atoms with Gasteiger partial charge in [0.05, 0.1) is 11.5 Å². The maximum atomic E-state index is 12.5. The Kier molecular flexibility index (Phi) is 5.61. The minimum atomic E-state index is -3.64. The van der Waals surface area contributed by atoms with Crippen molar-refractivity contribution in [2.75, 3.05) is 0 Å². The Morgan fingerprint density at radius 3 is 2.57 bits per heavy atom. The highest BCUT2D eigenvalue weighted by molar-refractivity contribution is 9.10. The predicted molar refractivity (Wildman–Crippen MR) is 90.8 cm³/mol. The van der Waals surface area contributed by atoms with Crippen LogP contribution in [0.1, 0.15) is 16.0 Å². The van der Waals surface area contributed by atoms with Gasteiger partial charge in [0.15, 0.2) is 0 Å². The molecule has 0 spiro atoms. The van der Waals surface area contributed by atoms with E-state index in [1.165, 1.54) is 17.4 Å². The summed E-state index contributed by atoms with van der Waals surface area (Å²) in [6.45, 7) is 1.74. The summed E-state index contributed by atoms with van der Waals surface area (Å²) < 4.78 is 29.0. The van der Waals surface area contributed by atoms with E-state index in [1.807, 2.05) is 11.4 Å². The van der Waals surface area contributed by atoms with Crippen molar-refractivity contribution in [3.8, 4) is 0 Å². The second-order valence-corrected chi connectivity index (χ2v) is 8.82. The maximum Gasteiger partial charge on any atom is 0.241 e. The first kappa shape index (κ1) is 17.1. The molecule has 2 N–H and O–H groups in total. The van der Waals surface area contributed by atoms with Crippen LogP contribution < -0.4 is 4.72 Å². The Labute approximate surface area is 144 Å². The van der Waals surface area contributed by atoms with Crippen molar-refractivity contribution in [2.24, 2.45) is 0 Å². The molecule has 1 aromatic carbocycles. The molecule has 2 rings (SSSR count). The lowest BCUT2D eigenvalue weighted by Gasteiger charge is -2.12. The van der Waals surface area contributed by atoms with Gasteiger partial charge in [0.1, 0.15) is 0 Å². The van der Waals surface area contributed by atoms with Crippen LogP contribution in [-0.4, -0.2) is 13.5 Å². The van der Waals surface area contributed by atoms with E-state index in [2.05, 4.69) is 36.6 Å². The second-order valence-electron chi connectivity index (χ2n) is 4.38. The van der Waals surface area contributed by atoms with Gasteiger partial charge in [-0.25, -0.2) is 13.1 Å². The molecule has 4 nitrogen and oxygen atoms in total. The van der Waals surface area contributed by atoms with E-state index in [9.17, 15) is 13.5 Å². The lowest BCUT2D eigenvalue weighted by Crippen LogP contribution is -2.24. The van der Waals surface area contributed by atoms with Gasteiger partial charge in [0, 0.05) is 20.4 Å². The molecule has 0 amide bonds.